The van der Waals surface area contributed by atoms with E-state index in [1.165, 1.54) is 23.9 Å². The van der Waals surface area contributed by atoms with E-state index in [1.54, 1.807) is 0 Å². The Morgan fingerprint density at radius 1 is 1.22 bits per heavy atom. The van der Waals surface area contributed by atoms with Gasteiger partial charge in [0.2, 0.25) is 0 Å². The fourth-order valence-electron chi connectivity index (χ4n) is 2.81. The molecule has 1 aliphatic heterocycles. The molecule has 0 unspecified atom stereocenters. The van der Waals surface area contributed by atoms with Gasteiger partial charge in [-0.05, 0) is 51.3 Å². The van der Waals surface area contributed by atoms with Gasteiger partial charge in [0.15, 0.2) is 0 Å². The molecular weight excluding hydrogens is 363 g/mol. The number of fused-ring (bicyclic) bond motifs is 2. The van der Waals surface area contributed by atoms with Crippen molar-refractivity contribution in [2.45, 2.75) is 13.1 Å². The molecule has 0 fully saturated rings. The highest BCUT2D eigenvalue weighted by molar-refractivity contribution is 9.10. The van der Waals surface area contributed by atoms with Crippen LogP contribution >= 0.6 is 15.9 Å². The van der Waals surface area contributed by atoms with E-state index in [9.17, 15) is 9.18 Å². The molecule has 0 aliphatic carbocycles. The second-order valence-corrected chi connectivity index (χ2v) is 6.30. The lowest BCUT2D eigenvalue weighted by Gasteiger charge is -2.10. The average molecular weight is 375 g/mol. The monoisotopic (exact) mass is 374 g/mol. The number of carbonyl (C=O) groups is 1. The van der Waals surface area contributed by atoms with Crippen molar-refractivity contribution in [2.75, 3.05) is 5.32 Å². The Kier molecular flexibility index (Phi) is 3.39. The maximum Gasteiger partial charge on any atom is 0.256 e. The summed E-state index contributed by atoms with van der Waals surface area (Å²) in [6.07, 6.45) is 1.52. The minimum absolute atomic E-state index is 0.249. The smallest absolute Gasteiger partial charge is 0.256 e. The minimum atomic E-state index is -0.482. The fraction of sp³-hybridized carbons (Fsp3) is 0.125. The number of nitrogens with one attached hydrogen (secondary N) is 3. The molecule has 3 N–H and O–H groups in total. The molecule has 0 atom stereocenters. The van der Waals surface area contributed by atoms with Crippen molar-refractivity contribution in [3.05, 3.63) is 57.4 Å². The number of rotatable bonds is 2. The van der Waals surface area contributed by atoms with Crippen molar-refractivity contribution in [3.63, 3.8) is 0 Å². The number of nitrogens with zero attached hydrogens (tertiary/aromatic N) is 1. The van der Waals surface area contributed by atoms with Crippen LogP contribution in [0.25, 0.3) is 10.9 Å². The predicted octanol–water partition coefficient (Wildman–Crippen LogP) is 3.32. The summed E-state index contributed by atoms with van der Waals surface area (Å²) in [5.74, 6) is -0.855. The van der Waals surface area contributed by atoms with Crippen LogP contribution in [0.1, 0.15) is 21.5 Å². The third-order valence-corrected chi connectivity index (χ3v) is 4.59. The molecule has 5 nitrogen and oxygen atoms in total. The Morgan fingerprint density at radius 3 is 2.83 bits per heavy atom. The molecule has 0 saturated heterocycles. The summed E-state index contributed by atoms with van der Waals surface area (Å²) in [7, 11) is 0. The summed E-state index contributed by atoms with van der Waals surface area (Å²) in [6.45, 7) is 1.60. The quantitative estimate of drug-likeness (QED) is 0.644. The first kappa shape index (κ1) is 14.3. The zero-order valence-corrected chi connectivity index (χ0v) is 13.5. The van der Waals surface area contributed by atoms with Gasteiger partial charge in [-0.15, -0.1) is 0 Å². The lowest BCUT2D eigenvalue weighted by atomic mass is 10.1. The van der Waals surface area contributed by atoms with Gasteiger partial charge in [0, 0.05) is 22.9 Å². The number of aromatic amines is 1. The predicted molar refractivity (Wildman–Crippen MR) is 88.7 cm³/mol. The molecule has 1 amide bonds. The molecule has 2 heterocycles. The van der Waals surface area contributed by atoms with Crippen LogP contribution in [0.3, 0.4) is 0 Å². The van der Waals surface area contributed by atoms with E-state index in [1.807, 2.05) is 12.1 Å². The molecule has 7 heteroatoms. The van der Waals surface area contributed by atoms with Gasteiger partial charge in [0.25, 0.3) is 5.91 Å². The second kappa shape index (κ2) is 5.43. The van der Waals surface area contributed by atoms with Gasteiger partial charge in [-0.1, -0.05) is 0 Å². The lowest BCUT2D eigenvalue weighted by molar-refractivity contribution is 0.102. The van der Waals surface area contributed by atoms with Crippen LogP contribution in [-0.2, 0) is 13.1 Å². The van der Waals surface area contributed by atoms with E-state index < -0.39 is 5.82 Å². The van der Waals surface area contributed by atoms with Crippen molar-refractivity contribution in [3.8, 4) is 0 Å². The van der Waals surface area contributed by atoms with E-state index in [4.69, 9.17) is 0 Å². The van der Waals surface area contributed by atoms with Gasteiger partial charge in [0.1, 0.15) is 5.82 Å². The van der Waals surface area contributed by atoms with E-state index >= 15 is 0 Å². The van der Waals surface area contributed by atoms with Crippen LogP contribution in [-0.4, -0.2) is 16.1 Å². The maximum absolute atomic E-state index is 13.7. The number of hydrogen-bond donors (Lipinski definition) is 3. The van der Waals surface area contributed by atoms with E-state index in [0.717, 1.165) is 23.1 Å². The van der Waals surface area contributed by atoms with Crippen LogP contribution < -0.4 is 10.6 Å². The molecule has 1 aromatic heterocycles. The molecule has 116 valence electrons. The number of anilines is 1. The van der Waals surface area contributed by atoms with Crippen molar-refractivity contribution < 1.29 is 9.18 Å². The van der Waals surface area contributed by atoms with Gasteiger partial charge < -0.3 is 10.6 Å². The molecule has 0 radical (unpaired) electrons. The van der Waals surface area contributed by atoms with Crippen LogP contribution in [0, 0.1) is 5.82 Å². The van der Waals surface area contributed by atoms with Gasteiger partial charge in [-0.25, -0.2) is 4.39 Å². The first-order valence-corrected chi connectivity index (χ1v) is 7.87. The van der Waals surface area contributed by atoms with Gasteiger partial charge in [0.05, 0.1) is 23.0 Å². The first-order valence-electron chi connectivity index (χ1n) is 7.08. The maximum atomic E-state index is 13.7. The topological polar surface area (TPSA) is 69.8 Å². The average Bonchev–Trinajstić information content (AvgIpc) is 3.14. The lowest BCUT2D eigenvalue weighted by Crippen LogP contribution is -2.13. The van der Waals surface area contributed by atoms with Crippen molar-refractivity contribution in [1.82, 2.24) is 15.5 Å². The summed E-state index contributed by atoms with van der Waals surface area (Å²) in [6, 6.07) is 6.46. The minimum Gasteiger partial charge on any atom is -0.321 e. The standard InChI is InChI=1S/C16H12BrFN4O/c17-13-1-8-5-19-6-9(8)2-15(13)21-16(23)11-3-10(18)4-14-12(11)7-20-22-14/h1-4,7,19H,5-6H2,(H,20,22)(H,21,23). The molecule has 2 aromatic carbocycles. The molecule has 0 bridgehead atoms. The van der Waals surface area contributed by atoms with Crippen LogP contribution in [0.15, 0.2) is 34.9 Å². The molecule has 0 spiro atoms. The number of benzene rings is 2. The summed E-state index contributed by atoms with van der Waals surface area (Å²) < 4.78 is 14.5. The van der Waals surface area contributed by atoms with Gasteiger partial charge in [-0.3, -0.25) is 9.89 Å². The molecule has 1 aliphatic rings. The molecular formula is C16H12BrFN4O. The Bertz CT molecular complexity index is 937. The van der Waals surface area contributed by atoms with Gasteiger partial charge >= 0.3 is 0 Å². The number of amides is 1. The first-order chi connectivity index (χ1) is 11.1. The fourth-order valence-corrected chi connectivity index (χ4v) is 3.30. The van der Waals surface area contributed by atoms with E-state index in [0.29, 0.717) is 16.6 Å². The van der Waals surface area contributed by atoms with E-state index in [2.05, 4.69) is 36.8 Å². The highest BCUT2D eigenvalue weighted by Crippen LogP contribution is 2.30. The van der Waals surface area contributed by atoms with Crippen molar-refractivity contribution >= 4 is 38.4 Å². The Balaban J connectivity index is 1.71. The van der Waals surface area contributed by atoms with E-state index in [-0.39, 0.29) is 11.5 Å². The summed E-state index contributed by atoms with van der Waals surface area (Å²) in [4.78, 5) is 12.6. The number of carbonyl (C=O) groups excluding carboxylic acids is 1. The summed E-state index contributed by atoms with van der Waals surface area (Å²) in [5.41, 5.74) is 3.76. The third-order valence-electron chi connectivity index (χ3n) is 3.94. The van der Waals surface area contributed by atoms with Crippen LogP contribution in [0.2, 0.25) is 0 Å². The molecule has 3 aromatic rings. The summed E-state index contributed by atoms with van der Waals surface area (Å²) in [5, 5.41) is 13.2. The van der Waals surface area contributed by atoms with Gasteiger partial charge in [-0.2, -0.15) is 5.10 Å². The largest absolute Gasteiger partial charge is 0.321 e. The highest BCUT2D eigenvalue weighted by atomic mass is 79.9. The van der Waals surface area contributed by atoms with Crippen LogP contribution in [0.5, 0.6) is 0 Å². The highest BCUT2D eigenvalue weighted by Gasteiger charge is 2.17. The molecule has 4 rings (SSSR count). The van der Waals surface area contributed by atoms with Crippen LogP contribution in [0.4, 0.5) is 10.1 Å². The summed E-state index contributed by atoms with van der Waals surface area (Å²) >= 11 is 3.47. The SMILES string of the molecule is O=C(Nc1cc2c(cc1Br)CNC2)c1cc(F)cc2[nH]ncc12. The molecule has 23 heavy (non-hydrogen) atoms. The Morgan fingerprint density at radius 2 is 2.00 bits per heavy atom. The number of H-pyrrole nitrogens is 1. The zero-order chi connectivity index (χ0) is 16.0. The second-order valence-electron chi connectivity index (χ2n) is 5.44. The third kappa shape index (κ3) is 2.51. The molecule has 0 saturated carbocycles. The number of halogens is 2. The Labute approximate surface area is 139 Å². The number of aromatic nitrogens is 2. The normalized spacial score (nSPS) is 13.3. The zero-order valence-electron chi connectivity index (χ0n) is 11.9. The van der Waals surface area contributed by atoms with Crippen molar-refractivity contribution in [2.24, 2.45) is 0 Å². The van der Waals surface area contributed by atoms with Crippen molar-refractivity contribution in [1.29, 1.82) is 0 Å². The number of hydrogen-bond acceptors (Lipinski definition) is 3. The Hall–Kier alpha value is -2.25.